The Hall–Kier alpha value is -1.44. The summed E-state index contributed by atoms with van der Waals surface area (Å²) in [7, 11) is -3.49. The highest BCUT2D eigenvalue weighted by Crippen LogP contribution is 2.24. The molecule has 1 amide bonds. The van der Waals surface area contributed by atoms with Gasteiger partial charge in [-0.25, -0.2) is 8.42 Å². The van der Waals surface area contributed by atoms with E-state index in [1.807, 2.05) is 32.9 Å². The van der Waals surface area contributed by atoms with Crippen molar-refractivity contribution in [3.8, 4) is 0 Å². The molecule has 7 heteroatoms. The zero-order chi connectivity index (χ0) is 21.2. The average Bonchev–Trinajstić information content (AvgIpc) is 2.69. The van der Waals surface area contributed by atoms with Gasteiger partial charge >= 0.3 is 0 Å². The maximum atomic E-state index is 13.1. The summed E-state index contributed by atoms with van der Waals surface area (Å²) in [6, 6.07) is 5.59. The highest BCUT2D eigenvalue weighted by Gasteiger charge is 2.36. The Morgan fingerprint density at radius 1 is 1.17 bits per heavy atom. The standard InChI is InChI=1S/C22H35N3O3S/c1-16-9-10-21(18(3)15-16)29(27,28)25-13-11-24(12-14-25)19(4)22(26)23-20-8-6-5-7-17(20)2/h9-10,15,17,19-20H,5-8,11-14H2,1-4H3,(H,23,26)/p+1/t17-,19+,20+/m0/s1. The minimum atomic E-state index is -3.49. The maximum Gasteiger partial charge on any atom is 0.278 e. The number of sulfonamides is 1. The van der Waals surface area contributed by atoms with Crippen LogP contribution in [0.15, 0.2) is 23.1 Å². The fourth-order valence-corrected chi connectivity index (χ4v) is 6.35. The average molecular weight is 423 g/mol. The second-order valence-electron chi connectivity index (χ2n) is 8.93. The van der Waals surface area contributed by atoms with Crippen LogP contribution in [0.25, 0.3) is 0 Å². The number of nitrogens with one attached hydrogen (secondary N) is 2. The van der Waals surface area contributed by atoms with Crippen LogP contribution in [0.4, 0.5) is 0 Å². The lowest BCUT2D eigenvalue weighted by molar-refractivity contribution is -0.917. The number of quaternary nitrogens is 1. The first-order valence-electron chi connectivity index (χ1n) is 10.9. The quantitative estimate of drug-likeness (QED) is 0.751. The Kier molecular flexibility index (Phi) is 7.02. The first-order chi connectivity index (χ1) is 13.7. The van der Waals surface area contributed by atoms with E-state index in [2.05, 4.69) is 12.2 Å². The van der Waals surface area contributed by atoms with E-state index in [1.54, 1.807) is 10.4 Å². The Morgan fingerprint density at radius 3 is 2.45 bits per heavy atom. The zero-order valence-corrected chi connectivity index (χ0v) is 19.0. The molecule has 3 atom stereocenters. The van der Waals surface area contributed by atoms with Gasteiger partial charge in [0.1, 0.15) is 0 Å². The number of rotatable bonds is 5. The largest absolute Gasteiger partial charge is 0.348 e. The van der Waals surface area contributed by atoms with Crippen LogP contribution in [0.2, 0.25) is 0 Å². The van der Waals surface area contributed by atoms with Gasteiger partial charge in [-0.1, -0.05) is 37.5 Å². The number of amides is 1. The molecule has 2 N–H and O–H groups in total. The summed E-state index contributed by atoms with van der Waals surface area (Å²) in [6.45, 7) is 10.2. The number of benzene rings is 1. The molecule has 1 aromatic rings. The van der Waals surface area contributed by atoms with E-state index in [9.17, 15) is 13.2 Å². The molecule has 0 spiro atoms. The predicted octanol–water partition coefficient (Wildman–Crippen LogP) is 1.28. The van der Waals surface area contributed by atoms with Crippen molar-refractivity contribution in [3.63, 3.8) is 0 Å². The minimum Gasteiger partial charge on any atom is -0.348 e. The number of hydrogen-bond acceptors (Lipinski definition) is 3. The Balaban J connectivity index is 1.58. The molecule has 1 saturated heterocycles. The summed E-state index contributed by atoms with van der Waals surface area (Å²) in [5.41, 5.74) is 1.84. The number of nitrogens with zero attached hydrogens (tertiary/aromatic N) is 1. The molecule has 0 unspecified atom stereocenters. The van der Waals surface area contributed by atoms with Gasteiger partial charge in [-0.05, 0) is 51.2 Å². The molecule has 162 valence electrons. The van der Waals surface area contributed by atoms with Crippen LogP contribution < -0.4 is 10.2 Å². The summed E-state index contributed by atoms with van der Waals surface area (Å²) in [6.07, 6.45) is 4.69. The normalized spacial score (nSPS) is 25.5. The lowest BCUT2D eigenvalue weighted by Gasteiger charge is -2.36. The smallest absolute Gasteiger partial charge is 0.278 e. The molecule has 1 aliphatic carbocycles. The third kappa shape index (κ3) is 5.01. The van der Waals surface area contributed by atoms with E-state index in [4.69, 9.17) is 0 Å². The van der Waals surface area contributed by atoms with E-state index in [0.29, 0.717) is 37.0 Å². The van der Waals surface area contributed by atoms with Crippen molar-refractivity contribution in [2.75, 3.05) is 26.2 Å². The summed E-state index contributed by atoms with van der Waals surface area (Å²) >= 11 is 0. The van der Waals surface area contributed by atoms with E-state index in [1.165, 1.54) is 19.3 Å². The molecule has 1 saturated carbocycles. The van der Waals surface area contributed by atoms with Crippen LogP contribution in [-0.4, -0.2) is 56.9 Å². The van der Waals surface area contributed by atoms with Crippen molar-refractivity contribution in [2.24, 2.45) is 5.92 Å². The van der Waals surface area contributed by atoms with E-state index < -0.39 is 10.0 Å². The van der Waals surface area contributed by atoms with Crippen LogP contribution >= 0.6 is 0 Å². The van der Waals surface area contributed by atoms with Crippen LogP contribution in [0.5, 0.6) is 0 Å². The summed E-state index contributed by atoms with van der Waals surface area (Å²) in [5, 5.41) is 3.25. The number of piperazine rings is 1. The molecule has 0 radical (unpaired) electrons. The molecule has 1 heterocycles. The fraction of sp³-hybridized carbons (Fsp3) is 0.682. The second kappa shape index (κ2) is 9.14. The van der Waals surface area contributed by atoms with Crippen molar-refractivity contribution in [2.45, 2.75) is 70.4 Å². The highest BCUT2D eigenvalue weighted by molar-refractivity contribution is 7.89. The SMILES string of the molecule is Cc1ccc(S(=O)(=O)N2CC[NH+]([C@H](C)C(=O)N[C@@H]3CCCC[C@@H]3C)CC2)c(C)c1. The molecule has 1 aromatic carbocycles. The Morgan fingerprint density at radius 2 is 1.83 bits per heavy atom. The lowest BCUT2D eigenvalue weighted by atomic mass is 9.86. The van der Waals surface area contributed by atoms with Gasteiger partial charge in [-0.3, -0.25) is 4.79 Å². The fourth-order valence-electron chi connectivity index (χ4n) is 4.70. The van der Waals surface area contributed by atoms with Crippen molar-refractivity contribution in [3.05, 3.63) is 29.3 Å². The van der Waals surface area contributed by atoms with Gasteiger partial charge in [0, 0.05) is 6.04 Å². The van der Waals surface area contributed by atoms with Gasteiger partial charge in [-0.15, -0.1) is 0 Å². The van der Waals surface area contributed by atoms with E-state index in [-0.39, 0.29) is 18.0 Å². The van der Waals surface area contributed by atoms with E-state index in [0.717, 1.165) is 22.4 Å². The molecular weight excluding hydrogens is 386 g/mol. The molecule has 2 aliphatic rings. The minimum absolute atomic E-state index is 0.101. The van der Waals surface area contributed by atoms with Gasteiger partial charge < -0.3 is 10.2 Å². The number of aryl methyl sites for hydroxylation is 2. The first-order valence-corrected chi connectivity index (χ1v) is 12.4. The lowest BCUT2D eigenvalue weighted by Crippen LogP contribution is -3.19. The van der Waals surface area contributed by atoms with Gasteiger partial charge in [0.15, 0.2) is 6.04 Å². The van der Waals surface area contributed by atoms with Crippen molar-refractivity contribution in [1.82, 2.24) is 9.62 Å². The number of carbonyl (C=O) groups excluding carboxylic acids is 1. The zero-order valence-electron chi connectivity index (χ0n) is 18.2. The Bertz CT molecular complexity index is 832. The van der Waals surface area contributed by atoms with Gasteiger partial charge in [0.05, 0.1) is 31.1 Å². The predicted molar refractivity (Wildman–Crippen MR) is 114 cm³/mol. The molecule has 29 heavy (non-hydrogen) atoms. The van der Waals surface area contributed by atoms with Crippen molar-refractivity contribution < 1.29 is 18.1 Å². The van der Waals surface area contributed by atoms with Gasteiger partial charge in [0.2, 0.25) is 10.0 Å². The van der Waals surface area contributed by atoms with E-state index >= 15 is 0 Å². The monoisotopic (exact) mass is 422 g/mol. The van der Waals surface area contributed by atoms with Crippen LogP contribution in [0.1, 0.15) is 50.7 Å². The topological polar surface area (TPSA) is 70.9 Å². The highest BCUT2D eigenvalue weighted by atomic mass is 32.2. The molecule has 0 bridgehead atoms. The molecule has 3 rings (SSSR count). The first kappa shape index (κ1) is 22.2. The van der Waals surface area contributed by atoms with Crippen LogP contribution in [0, 0.1) is 19.8 Å². The van der Waals surface area contributed by atoms with Crippen LogP contribution in [0.3, 0.4) is 0 Å². The second-order valence-corrected chi connectivity index (χ2v) is 10.8. The summed E-state index contributed by atoms with van der Waals surface area (Å²) in [5.74, 6) is 0.638. The number of hydrogen-bond donors (Lipinski definition) is 2. The molecule has 2 fully saturated rings. The van der Waals surface area contributed by atoms with Crippen LogP contribution in [-0.2, 0) is 14.8 Å². The third-order valence-electron chi connectivity index (χ3n) is 6.76. The number of carbonyl (C=O) groups is 1. The molecule has 6 nitrogen and oxygen atoms in total. The third-order valence-corrected chi connectivity index (χ3v) is 8.82. The van der Waals surface area contributed by atoms with Crippen molar-refractivity contribution >= 4 is 15.9 Å². The van der Waals surface area contributed by atoms with Gasteiger partial charge in [-0.2, -0.15) is 4.31 Å². The molecular formula is C22H36N3O3S+. The summed E-state index contributed by atoms with van der Waals surface area (Å²) < 4.78 is 27.7. The van der Waals surface area contributed by atoms with Gasteiger partial charge in [0.25, 0.3) is 5.91 Å². The molecule has 1 aliphatic heterocycles. The molecule has 0 aromatic heterocycles. The Labute approximate surface area is 175 Å². The summed E-state index contributed by atoms with van der Waals surface area (Å²) in [4.78, 5) is 14.3. The maximum absolute atomic E-state index is 13.1. The van der Waals surface area contributed by atoms with Crippen molar-refractivity contribution in [1.29, 1.82) is 0 Å².